The predicted molar refractivity (Wildman–Crippen MR) is 81.8 cm³/mol. The quantitative estimate of drug-likeness (QED) is 0.854. The molecule has 1 aliphatic carbocycles. The average molecular weight is 267 g/mol. The molecular formula is C18H21NO. The second-order valence-electron chi connectivity index (χ2n) is 5.62. The van der Waals surface area contributed by atoms with E-state index in [1.807, 2.05) is 42.5 Å². The van der Waals surface area contributed by atoms with E-state index in [-0.39, 0.29) is 6.04 Å². The molecule has 3 rings (SSSR count). The van der Waals surface area contributed by atoms with Crippen LogP contribution in [0, 0.1) is 5.92 Å². The van der Waals surface area contributed by atoms with Crippen LogP contribution >= 0.6 is 0 Å². The molecule has 1 saturated carbocycles. The zero-order chi connectivity index (χ0) is 13.8. The number of rotatable bonds is 5. The van der Waals surface area contributed by atoms with Crippen molar-refractivity contribution in [1.82, 2.24) is 0 Å². The summed E-state index contributed by atoms with van der Waals surface area (Å²) in [5, 5.41) is 0. The molecule has 2 N–H and O–H groups in total. The Balaban J connectivity index is 1.61. The van der Waals surface area contributed by atoms with Crippen LogP contribution in [0.15, 0.2) is 54.6 Å². The molecule has 1 unspecified atom stereocenters. The minimum Gasteiger partial charge on any atom is -0.457 e. The van der Waals surface area contributed by atoms with E-state index in [1.165, 1.54) is 24.8 Å². The largest absolute Gasteiger partial charge is 0.457 e. The van der Waals surface area contributed by atoms with E-state index >= 15 is 0 Å². The summed E-state index contributed by atoms with van der Waals surface area (Å²) in [6, 6.07) is 18.2. The normalized spacial score (nSPS) is 16.4. The topological polar surface area (TPSA) is 35.2 Å². The monoisotopic (exact) mass is 267 g/mol. The number of hydrogen-bond donors (Lipinski definition) is 1. The highest BCUT2D eigenvalue weighted by atomic mass is 16.5. The minimum absolute atomic E-state index is 0.158. The number of benzene rings is 2. The lowest BCUT2D eigenvalue weighted by Crippen LogP contribution is -2.19. The molecule has 0 heterocycles. The summed E-state index contributed by atoms with van der Waals surface area (Å²) < 4.78 is 5.79. The Morgan fingerprint density at radius 2 is 1.60 bits per heavy atom. The van der Waals surface area contributed by atoms with Crippen molar-refractivity contribution in [1.29, 1.82) is 0 Å². The SMILES string of the molecule is NC(CC1CCC1)c1ccc(Oc2ccccc2)cc1. The second kappa shape index (κ2) is 6.10. The van der Waals surface area contributed by atoms with Crippen LogP contribution in [0.4, 0.5) is 0 Å². The van der Waals surface area contributed by atoms with Gasteiger partial charge in [0, 0.05) is 6.04 Å². The first kappa shape index (κ1) is 13.2. The van der Waals surface area contributed by atoms with Crippen LogP contribution in [0.25, 0.3) is 0 Å². The molecule has 20 heavy (non-hydrogen) atoms. The molecule has 2 nitrogen and oxygen atoms in total. The fraction of sp³-hybridized carbons (Fsp3) is 0.333. The molecule has 1 fully saturated rings. The highest BCUT2D eigenvalue weighted by Crippen LogP contribution is 2.34. The number of nitrogens with two attached hydrogens (primary N) is 1. The molecular weight excluding hydrogens is 246 g/mol. The van der Waals surface area contributed by atoms with Crippen LogP contribution in [0.2, 0.25) is 0 Å². The van der Waals surface area contributed by atoms with Gasteiger partial charge in [0.1, 0.15) is 11.5 Å². The molecule has 0 spiro atoms. The lowest BCUT2D eigenvalue weighted by atomic mass is 9.80. The van der Waals surface area contributed by atoms with Crippen LogP contribution < -0.4 is 10.5 Å². The fourth-order valence-electron chi connectivity index (χ4n) is 2.63. The maximum atomic E-state index is 6.27. The molecule has 2 heteroatoms. The minimum atomic E-state index is 0.158. The first-order valence-corrected chi connectivity index (χ1v) is 7.40. The summed E-state index contributed by atoms with van der Waals surface area (Å²) in [5.74, 6) is 2.56. The Hall–Kier alpha value is -1.80. The van der Waals surface area contributed by atoms with Gasteiger partial charge in [0.05, 0.1) is 0 Å². The maximum Gasteiger partial charge on any atom is 0.127 e. The molecule has 0 aliphatic heterocycles. The molecule has 0 bridgehead atoms. The van der Waals surface area contributed by atoms with Gasteiger partial charge in [-0.1, -0.05) is 49.6 Å². The molecule has 0 amide bonds. The number of hydrogen-bond acceptors (Lipinski definition) is 2. The van der Waals surface area contributed by atoms with Gasteiger partial charge >= 0.3 is 0 Å². The Labute approximate surface area is 120 Å². The molecule has 0 radical (unpaired) electrons. The fourth-order valence-corrected chi connectivity index (χ4v) is 2.63. The van der Waals surface area contributed by atoms with Crippen LogP contribution in [0.3, 0.4) is 0 Å². The van der Waals surface area contributed by atoms with Gasteiger partial charge in [0.25, 0.3) is 0 Å². The molecule has 2 aromatic carbocycles. The van der Waals surface area contributed by atoms with Crippen LogP contribution in [-0.2, 0) is 0 Å². The van der Waals surface area contributed by atoms with Gasteiger partial charge in [-0.05, 0) is 42.2 Å². The molecule has 1 aliphatic rings. The van der Waals surface area contributed by atoms with E-state index in [0.29, 0.717) is 0 Å². The van der Waals surface area contributed by atoms with Crippen LogP contribution in [0.5, 0.6) is 11.5 Å². The van der Waals surface area contributed by atoms with Gasteiger partial charge in [-0.25, -0.2) is 0 Å². The first-order valence-electron chi connectivity index (χ1n) is 7.40. The summed E-state index contributed by atoms with van der Waals surface area (Å²) in [7, 11) is 0. The third-order valence-electron chi connectivity index (χ3n) is 4.10. The van der Waals surface area contributed by atoms with Gasteiger partial charge in [0.2, 0.25) is 0 Å². The van der Waals surface area contributed by atoms with Crippen molar-refractivity contribution >= 4 is 0 Å². The molecule has 1 atom stereocenters. The molecule has 2 aromatic rings. The van der Waals surface area contributed by atoms with Gasteiger partial charge in [-0.15, -0.1) is 0 Å². The molecule has 0 aromatic heterocycles. The second-order valence-corrected chi connectivity index (χ2v) is 5.62. The summed E-state index contributed by atoms with van der Waals surface area (Å²) in [6.45, 7) is 0. The van der Waals surface area contributed by atoms with Crippen molar-refractivity contribution in [2.24, 2.45) is 11.7 Å². The zero-order valence-corrected chi connectivity index (χ0v) is 11.7. The van der Waals surface area contributed by atoms with Crippen molar-refractivity contribution in [2.75, 3.05) is 0 Å². The van der Waals surface area contributed by atoms with Crippen LogP contribution in [-0.4, -0.2) is 0 Å². The lowest BCUT2D eigenvalue weighted by Gasteiger charge is -2.28. The van der Waals surface area contributed by atoms with E-state index in [1.54, 1.807) is 0 Å². The van der Waals surface area contributed by atoms with Crippen molar-refractivity contribution < 1.29 is 4.74 Å². The van der Waals surface area contributed by atoms with E-state index in [9.17, 15) is 0 Å². The van der Waals surface area contributed by atoms with Gasteiger partial charge < -0.3 is 10.5 Å². The zero-order valence-electron chi connectivity index (χ0n) is 11.7. The van der Waals surface area contributed by atoms with Gasteiger partial charge in [0.15, 0.2) is 0 Å². The smallest absolute Gasteiger partial charge is 0.127 e. The highest BCUT2D eigenvalue weighted by Gasteiger charge is 2.20. The van der Waals surface area contributed by atoms with E-state index in [2.05, 4.69) is 12.1 Å². The number of para-hydroxylation sites is 1. The Kier molecular flexibility index (Phi) is 4.03. The predicted octanol–water partition coefficient (Wildman–Crippen LogP) is 4.67. The Morgan fingerprint density at radius 1 is 0.950 bits per heavy atom. The lowest BCUT2D eigenvalue weighted by molar-refractivity contribution is 0.277. The molecule has 0 saturated heterocycles. The van der Waals surface area contributed by atoms with Gasteiger partial charge in [-0.3, -0.25) is 0 Å². The van der Waals surface area contributed by atoms with Crippen molar-refractivity contribution in [3.8, 4) is 11.5 Å². The Morgan fingerprint density at radius 3 is 2.20 bits per heavy atom. The van der Waals surface area contributed by atoms with E-state index in [0.717, 1.165) is 23.8 Å². The van der Waals surface area contributed by atoms with E-state index in [4.69, 9.17) is 10.5 Å². The van der Waals surface area contributed by atoms with Crippen molar-refractivity contribution in [2.45, 2.75) is 31.7 Å². The summed E-state index contributed by atoms with van der Waals surface area (Å²) in [6.07, 6.45) is 5.19. The average Bonchev–Trinajstić information content (AvgIpc) is 2.44. The van der Waals surface area contributed by atoms with Crippen LogP contribution in [0.1, 0.15) is 37.3 Å². The third-order valence-corrected chi connectivity index (χ3v) is 4.10. The van der Waals surface area contributed by atoms with Crippen molar-refractivity contribution in [3.63, 3.8) is 0 Å². The van der Waals surface area contributed by atoms with Crippen molar-refractivity contribution in [3.05, 3.63) is 60.2 Å². The first-order chi connectivity index (χ1) is 9.81. The highest BCUT2D eigenvalue weighted by molar-refractivity contribution is 5.33. The Bertz CT molecular complexity index is 531. The number of ether oxygens (including phenoxy) is 1. The maximum absolute atomic E-state index is 6.27. The summed E-state index contributed by atoms with van der Waals surface area (Å²) >= 11 is 0. The summed E-state index contributed by atoms with van der Waals surface area (Å²) in [4.78, 5) is 0. The third kappa shape index (κ3) is 3.20. The summed E-state index contributed by atoms with van der Waals surface area (Å²) in [5.41, 5.74) is 7.47. The van der Waals surface area contributed by atoms with Gasteiger partial charge in [-0.2, -0.15) is 0 Å². The standard InChI is InChI=1S/C18H21NO/c19-18(13-14-5-4-6-14)15-9-11-17(12-10-15)20-16-7-2-1-3-8-16/h1-3,7-12,14,18H,4-6,13,19H2. The molecule has 104 valence electrons. The van der Waals surface area contributed by atoms with E-state index < -0.39 is 0 Å².